The van der Waals surface area contributed by atoms with Gasteiger partial charge in [0.05, 0.1) is 0 Å². The van der Waals surface area contributed by atoms with Crippen LogP contribution in [0.15, 0.2) is 36.0 Å². The molecule has 0 saturated heterocycles. The summed E-state index contributed by atoms with van der Waals surface area (Å²) in [7, 11) is 0. The molecule has 1 nitrogen and oxygen atoms in total. The summed E-state index contributed by atoms with van der Waals surface area (Å²) in [6, 6.07) is 0. The number of hydrogen-bond donors (Lipinski definition) is 1. The minimum atomic E-state index is 0.597. The first-order valence-electron chi connectivity index (χ1n) is 5.97. The highest BCUT2D eigenvalue weighted by atomic mass is 14.5. The van der Waals surface area contributed by atoms with Crippen LogP contribution in [0.1, 0.15) is 48.0 Å². The molecule has 15 heavy (non-hydrogen) atoms. The van der Waals surface area contributed by atoms with E-state index in [4.69, 9.17) is 5.73 Å². The zero-order valence-corrected chi connectivity index (χ0v) is 11.4. The average Bonchev–Trinajstić information content (AvgIpc) is 2.34. The fraction of sp³-hybridized carbons (Fsp3) is 0.571. The summed E-state index contributed by atoms with van der Waals surface area (Å²) in [6.07, 6.45) is 6.92. The molecule has 0 fully saturated rings. The number of rotatable bonds is 4. The second-order valence-corrected chi connectivity index (χ2v) is 2.31. The Morgan fingerprint density at radius 2 is 1.60 bits per heavy atom. The van der Waals surface area contributed by atoms with Crippen LogP contribution < -0.4 is 5.73 Å². The fourth-order valence-electron chi connectivity index (χ4n) is 1.01. The molecule has 0 spiro atoms. The van der Waals surface area contributed by atoms with E-state index in [2.05, 4.69) is 13.5 Å². The largest absolute Gasteiger partial charge is 0.326 e. The van der Waals surface area contributed by atoms with Gasteiger partial charge in [-0.3, -0.25) is 0 Å². The lowest BCUT2D eigenvalue weighted by Gasteiger charge is -2.03. The normalized spacial score (nSPS) is 10.6. The summed E-state index contributed by atoms with van der Waals surface area (Å²) < 4.78 is 0. The second kappa shape index (κ2) is 18.9. The summed E-state index contributed by atoms with van der Waals surface area (Å²) in [4.78, 5) is 0. The van der Waals surface area contributed by atoms with E-state index in [1.807, 2.05) is 52.8 Å². The molecule has 0 heterocycles. The molecular formula is C14H29N. The van der Waals surface area contributed by atoms with Crippen molar-refractivity contribution in [3.63, 3.8) is 0 Å². The van der Waals surface area contributed by atoms with Crippen molar-refractivity contribution in [2.45, 2.75) is 48.0 Å². The standard InChI is InChI=1S/C10H17N.2C2H6/c1-4-7-10(8-11)9(5-2)6-3;2*1-2/h4-5,7H,2,6,8,11H2,1,3H3;2*1-2H3/b7-4-,10-9-;;. The van der Waals surface area contributed by atoms with Gasteiger partial charge in [-0.2, -0.15) is 0 Å². The highest BCUT2D eigenvalue weighted by Gasteiger charge is 1.94. The third-order valence-corrected chi connectivity index (χ3v) is 1.63. The van der Waals surface area contributed by atoms with Crippen LogP contribution in [0.25, 0.3) is 0 Å². The van der Waals surface area contributed by atoms with Gasteiger partial charge in [-0.25, -0.2) is 0 Å². The minimum absolute atomic E-state index is 0.597. The lowest BCUT2D eigenvalue weighted by atomic mass is 10.1. The molecule has 0 aliphatic rings. The third-order valence-electron chi connectivity index (χ3n) is 1.63. The summed E-state index contributed by atoms with van der Waals surface area (Å²) in [5, 5.41) is 0. The third kappa shape index (κ3) is 11.1. The SMILES string of the molecule is C=C/C(CC)=C(\C=C/C)CN.CC.CC. The molecule has 0 saturated carbocycles. The maximum Gasteiger partial charge on any atom is 0.0180 e. The molecular weight excluding hydrogens is 182 g/mol. The minimum Gasteiger partial charge on any atom is -0.326 e. The van der Waals surface area contributed by atoms with Gasteiger partial charge < -0.3 is 5.73 Å². The molecule has 0 aromatic rings. The van der Waals surface area contributed by atoms with Gasteiger partial charge in [-0.1, -0.05) is 59.4 Å². The molecule has 0 amide bonds. The molecule has 90 valence electrons. The van der Waals surface area contributed by atoms with Gasteiger partial charge in [0.25, 0.3) is 0 Å². The Labute approximate surface area is 96.8 Å². The molecule has 0 aliphatic heterocycles. The van der Waals surface area contributed by atoms with Gasteiger partial charge >= 0.3 is 0 Å². The van der Waals surface area contributed by atoms with E-state index in [1.165, 1.54) is 11.1 Å². The lowest BCUT2D eigenvalue weighted by molar-refractivity contribution is 1.07. The Morgan fingerprint density at radius 1 is 1.13 bits per heavy atom. The van der Waals surface area contributed by atoms with Crippen LogP contribution in [0.3, 0.4) is 0 Å². The van der Waals surface area contributed by atoms with Crippen LogP contribution in [0.4, 0.5) is 0 Å². The van der Waals surface area contributed by atoms with Crippen LogP contribution in [0.2, 0.25) is 0 Å². The predicted octanol–water partition coefficient (Wildman–Crippen LogP) is 4.47. The Morgan fingerprint density at radius 3 is 1.80 bits per heavy atom. The first-order valence-corrected chi connectivity index (χ1v) is 5.97. The maximum atomic E-state index is 5.55. The summed E-state index contributed by atoms with van der Waals surface area (Å²) >= 11 is 0. The van der Waals surface area contributed by atoms with Gasteiger partial charge in [0, 0.05) is 6.54 Å². The molecule has 0 unspecified atom stereocenters. The van der Waals surface area contributed by atoms with Crippen LogP contribution >= 0.6 is 0 Å². The Balaban J connectivity index is -0.000000318. The zero-order valence-electron chi connectivity index (χ0n) is 11.4. The van der Waals surface area contributed by atoms with Gasteiger partial charge in [0.15, 0.2) is 0 Å². The van der Waals surface area contributed by atoms with Crippen molar-refractivity contribution < 1.29 is 0 Å². The summed E-state index contributed by atoms with van der Waals surface area (Å²) in [5.41, 5.74) is 7.98. The Bertz CT molecular complexity index is 176. The smallest absolute Gasteiger partial charge is 0.0180 e. The van der Waals surface area contributed by atoms with Crippen molar-refractivity contribution in [3.8, 4) is 0 Å². The van der Waals surface area contributed by atoms with Crippen LogP contribution in [-0.2, 0) is 0 Å². The topological polar surface area (TPSA) is 26.0 Å². The van der Waals surface area contributed by atoms with Gasteiger partial charge in [0.1, 0.15) is 0 Å². The van der Waals surface area contributed by atoms with Crippen molar-refractivity contribution >= 4 is 0 Å². The quantitative estimate of drug-likeness (QED) is 0.682. The summed E-state index contributed by atoms with van der Waals surface area (Å²) in [6.45, 7) is 16.4. The van der Waals surface area contributed by atoms with Crippen molar-refractivity contribution in [1.29, 1.82) is 0 Å². The van der Waals surface area contributed by atoms with Crippen LogP contribution in [0, 0.1) is 0 Å². The van der Waals surface area contributed by atoms with E-state index < -0.39 is 0 Å². The monoisotopic (exact) mass is 211 g/mol. The van der Waals surface area contributed by atoms with Gasteiger partial charge in [-0.15, -0.1) is 0 Å². The molecule has 0 aliphatic carbocycles. The molecule has 0 rings (SSSR count). The Kier molecular flexibility index (Phi) is 24.8. The van der Waals surface area contributed by atoms with E-state index in [1.54, 1.807) is 0 Å². The van der Waals surface area contributed by atoms with Gasteiger partial charge in [0.2, 0.25) is 0 Å². The van der Waals surface area contributed by atoms with Crippen LogP contribution in [-0.4, -0.2) is 6.54 Å². The molecule has 0 aromatic heterocycles. The van der Waals surface area contributed by atoms with E-state index in [0.717, 1.165) is 6.42 Å². The van der Waals surface area contributed by atoms with Crippen molar-refractivity contribution in [2.75, 3.05) is 6.54 Å². The number of hydrogen-bond acceptors (Lipinski definition) is 1. The summed E-state index contributed by atoms with van der Waals surface area (Å²) in [5.74, 6) is 0. The first-order chi connectivity index (χ1) is 7.29. The van der Waals surface area contributed by atoms with Crippen molar-refractivity contribution in [3.05, 3.63) is 36.0 Å². The highest BCUT2D eigenvalue weighted by molar-refractivity contribution is 5.32. The van der Waals surface area contributed by atoms with Crippen LogP contribution in [0.5, 0.6) is 0 Å². The molecule has 0 bridgehead atoms. The van der Waals surface area contributed by atoms with E-state index in [-0.39, 0.29) is 0 Å². The molecule has 2 N–H and O–H groups in total. The van der Waals surface area contributed by atoms with E-state index in [0.29, 0.717) is 6.54 Å². The number of allylic oxidation sites excluding steroid dienone is 3. The molecule has 0 aromatic carbocycles. The highest BCUT2D eigenvalue weighted by Crippen LogP contribution is 2.09. The second-order valence-electron chi connectivity index (χ2n) is 2.31. The molecule has 0 atom stereocenters. The van der Waals surface area contributed by atoms with Gasteiger partial charge in [-0.05, 0) is 24.5 Å². The fourth-order valence-corrected chi connectivity index (χ4v) is 1.01. The Hall–Kier alpha value is -0.820. The zero-order chi connectivity index (χ0) is 12.7. The van der Waals surface area contributed by atoms with Crippen molar-refractivity contribution in [2.24, 2.45) is 5.73 Å². The van der Waals surface area contributed by atoms with E-state index >= 15 is 0 Å². The maximum absolute atomic E-state index is 5.55. The molecule has 0 radical (unpaired) electrons. The molecule has 1 heteroatoms. The first kappa shape index (κ1) is 19.7. The number of nitrogens with two attached hydrogens (primary N) is 1. The van der Waals surface area contributed by atoms with Crippen molar-refractivity contribution in [1.82, 2.24) is 0 Å². The lowest BCUT2D eigenvalue weighted by Crippen LogP contribution is -2.03. The van der Waals surface area contributed by atoms with E-state index in [9.17, 15) is 0 Å². The predicted molar refractivity (Wildman–Crippen MR) is 74.1 cm³/mol. The average molecular weight is 211 g/mol.